The molecule has 6 heteroatoms. The molecule has 112 valence electrons. The molecule has 1 unspecified atom stereocenters. The Morgan fingerprint density at radius 2 is 2.24 bits per heavy atom. The molecule has 2 fully saturated rings. The number of amides is 3. The molecule has 0 bridgehead atoms. The molecule has 0 aliphatic carbocycles. The lowest BCUT2D eigenvalue weighted by atomic mass is 10.1. The third kappa shape index (κ3) is 3.09. The fourth-order valence-corrected chi connectivity index (χ4v) is 2.53. The van der Waals surface area contributed by atoms with Gasteiger partial charge in [0.15, 0.2) is 0 Å². The summed E-state index contributed by atoms with van der Waals surface area (Å²) in [4.78, 5) is 25.0. The van der Waals surface area contributed by atoms with Crippen molar-refractivity contribution in [3.8, 4) is 5.75 Å². The molecule has 0 saturated carbocycles. The van der Waals surface area contributed by atoms with Gasteiger partial charge >= 0.3 is 6.03 Å². The van der Waals surface area contributed by atoms with Crippen LogP contribution in [-0.4, -0.2) is 48.6 Å². The van der Waals surface area contributed by atoms with Crippen LogP contribution in [0.1, 0.15) is 12.0 Å². The normalized spacial score (nSPS) is 21.7. The molecule has 3 rings (SSSR count). The van der Waals surface area contributed by atoms with Crippen LogP contribution in [0, 0.1) is 6.92 Å². The molecule has 2 aliphatic rings. The number of ether oxygens (including phenoxy) is 1. The first-order valence-corrected chi connectivity index (χ1v) is 7.18. The van der Waals surface area contributed by atoms with Crippen molar-refractivity contribution in [3.05, 3.63) is 29.8 Å². The maximum Gasteiger partial charge on any atom is 0.318 e. The summed E-state index contributed by atoms with van der Waals surface area (Å²) in [7, 11) is 0. The molecule has 2 aliphatic heterocycles. The minimum Gasteiger partial charge on any atom is -0.487 e. The van der Waals surface area contributed by atoms with Crippen LogP contribution in [0.3, 0.4) is 0 Å². The fourth-order valence-electron chi connectivity index (χ4n) is 2.53. The monoisotopic (exact) mass is 289 g/mol. The Morgan fingerprint density at radius 1 is 1.43 bits per heavy atom. The van der Waals surface area contributed by atoms with E-state index in [0.29, 0.717) is 26.1 Å². The summed E-state index contributed by atoms with van der Waals surface area (Å²) in [6.07, 6.45) is 0.678. The lowest BCUT2D eigenvalue weighted by Gasteiger charge is -2.39. The minimum atomic E-state index is -0.394. The molecule has 1 aromatic carbocycles. The second kappa shape index (κ2) is 5.63. The average molecular weight is 289 g/mol. The van der Waals surface area contributed by atoms with Gasteiger partial charge in [0.2, 0.25) is 5.91 Å². The number of nitrogens with one attached hydrogen (secondary N) is 2. The number of urea groups is 1. The van der Waals surface area contributed by atoms with Crippen molar-refractivity contribution in [1.82, 2.24) is 15.5 Å². The first-order valence-electron chi connectivity index (χ1n) is 7.18. The first kappa shape index (κ1) is 13.7. The van der Waals surface area contributed by atoms with Gasteiger partial charge in [-0.25, -0.2) is 4.79 Å². The van der Waals surface area contributed by atoms with Gasteiger partial charge in [-0.05, 0) is 31.0 Å². The largest absolute Gasteiger partial charge is 0.487 e. The van der Waals surface area contributed by atoms with Gasteiger partial charge in [0.1, 0.15) is 17.9 Å². The molecule has 0 radical (unpaired) electrons. The Kier molecular flexibility index (Phi) is 3.68. The van der Waals surface area contributed by atoms with Crippen molar-refractivity contribution in [2.75, 3.05) is 19.6 Å². The Balaban J connectivity index is 1.45. The average Bonchev–Trinajstić information content (AvgIpc) is 2.79. The molecule has 2 saturated heterocycles. The highest BCUT2D eigenvalue weighted by Crippen LogP contribution is 2.19. The topological polar surface area (TPSA) is 70.7 Å². The standard InChI is InChI=1S/C15H19N3O3/c1-10-3-2-4-11(7-10)21-12-8-18(9-12)15(20)17-13-5-6-16-14(13)19/h2-4,7,12-13H,5-6,8-9H2,1H3,(H,16,19)(H,17,20). The highest BCUT2D eigenvalue weighted by Gasteiger charge is 2.35. The summed E-state index contributed by atoms with van der Waals surface area (Å²) < 4.78 is 5.80. The second-order valence-corrected chi connectivity index (χ2v) is 5.54. The molecule has 21 heavy (non-hydrogen) atoms. The van der Waals surface area contributed by atoms with Crippen LogP contribution in [0.4, 0.5) is 4.79 Å². The Labute approximate surface area is 123 Å². The minimum absolute atomic E-state index is 0.0231. The van der Waals surface area contributed by atoms with E-state index in [-0.39, 0.29) is 18.0 Å². The van der Waals surface area contributed by atoms with Crippen molar-refractivity contribution in [2.45, 2.75) is 25.5 Å². The molecule has 3 amide bonds. The van der Waals surface area contributed by atoms with Crippen LogP contribution in [0.5, 0.6) is 5.75 Å². The van der Waals surface area contributed by atoms with Gasteiger partial charge in [-0.2, -0.15) is 0 Å². The number of nitrogens with zero attached hydrogens (tertiary/aromatic N) is 1. The van der Waals surface area contributed by atoms with Gasteiger partial charge in [-0.15, -0.1) is 0 Å². The van der Waals surface area contributed by atoms with Crippen molar-refractivity contribution in [1.29, 1.82) is 0 Å². The third-order valence-corrected chi connectivity index (χ3v) is 3.77. The highest BCUT2D eigenvalue weighted by molar-refractivity contribution is 5.88. The molecule has 1 atom stereocenters. The SMILES string of the molecule is Cc1cccc(OC2CN(C(=O)NC3CCNC3=O)C2)c1. The zero-order chi connectivity index (χ0) is 14.8. The van der Waals surface area contributed by atoms with Crippen LogP contribution in [0.15, 0.2) is 24.3 Å². The van der Waals surface area contributed by atoms with Gasteiger partial charge in [0.05, 0.1) is 13.1 Å². The van der Waals surface area contributed by atoms with Crippen LogP contribution in [0.2, 0.25) is 0 Å². The number of likely N-dealkylation sites (tertiary alicyclic amines) is 1. The van der Waals surface area contributed by atoms with Gasteiger partial charge in [-0.3, -0.25) is 4.79 Å². The van der Waals surface area contributed by atoms with Crippen molar-refractivity contribution in [3.63, 3.8) is 0 Å². The Hall–Kier alpha value is -2.24. The van der Waals surface area contributed by atoms with E-state index in [2.05, 4.69) is 10.6 Å². The molecular weight excluding hydrogens is 270 g/mol. The van der Waals surface area contributed by atoms with Crippen molar-refractivity contribution in [2.24, 2.45) is 0 Å². The lowest BCUT2D eigenvalue weighted by Crippen LogP contribution is -2.60. The molecule has 0 aromatic heterocycles. The zero-order valence-corrected chi connectivity index (χ0v) is 12.0. The van der Waals surface area contributed by atoms with Crippen LogP contribution < -0.4 is 15.4 Å². The van der Waals surface area contributed by atoms with Gasteiger partial charge in [0, 0.05) is 6.54 Å². The lowest BCUT2D eigenvalue weighted by molar-refractivity contribution is -0.120. The summed E-state index contributed by atoms with van der Waals surface area (Å²) in [5.74, 6) is 0.728. The van der Waals surface area contributed by atoms with E-state index < -0.39 is 6.04 Å². The van der Waals surface area contributed by atoms with Crippen LogP contribution >= 0.6 is 0 Å². The van der Waals surface area contributed by atoms with Gasteiger partial charge < -0.3 is 20.3 Å². The molecule has 2 N–H and O–H groups in total. The van der Waals surface area contributed by atoms with Crippen LogP contribution in [0.25, 0.3) is 0 Å². The van der Waals surface area contributed by atoms with E-state index >= 15 is 0 Å². The summed E-state index contributed by atoms with van der Waals surface area (Å²) in [5.41, 5.74) is 1.15. The molecule has 1 aromatic rings. The summed E-state index contributed by atoms with van der Waals surface area (Å²) in [5, 5.41) is 5.44. The number of hydrogen-bond donors (Lipinski definition) is 2. The van der Waals surface area contributed by atoms with E-state index in [1.165, 1.54) is 0 Å². The maximum atomic E-state index is 12.0. The second-order valence-electron chi connectivity index (χ2n) is 5.54. The summed E-state index contributed by atoms with van der Waals surface area (Å²) >= 11 is 0. The van der Waals surface area contributed by atoms with Crippen molar-refractivity contribution < 1.29 is 14.3 Å². The number of carbonyl (C=O) groups excluding carboxylic acids is 2. The maximum absolute atomic E-state index is 12.0. The number of carbonyl (C=O) groups is 2. The smallest absolute Gasteiger partial charge is 0.318 e. The quantitative estimate of drug-likeness (QED) is 0.858. The zero-order valence-electron chi connectivity index (χ0n) is 12.0. The summed E-state index contributed by atoms with van der Waals surface area (Å²) in [6.45, 7) is 3.74. The number of hydrogen-bond acceptors (Lipinski definition) is 3. The summed E-state index contributed by atoms with van der Waals surface area (Å²) in [6, 6.07) is 7.27. The Bertz CT molecular complexity index is 555. The molecule has 6 nitrogen and oxygen atoms in total. The predicted octanol–water partition coefficient (Wildman–Crippen LogP) is 0.656. The van der Waals surface area contributed by atoms with E-state index in [0.717, 1.165) is 11.3 Å². The molecule has 0 spiro atoms. The Morgan fingerprint density at radius 3 is 2.90 bits per heavy atom. The van der Waals surface area contributed by atoms with Crippen LogP contribution in [-0.2, 0) is 4.79 Å². The predicted molar refractivity (Wildman–Crippen MR) is 77.1 cm³/mol. The third-order valence-electron chi connectivity index (χ3n) is 3.77. The van der Waals surface area contributed by atoms with Gasteiger partial charge in [0.25, 0.3) is 0 Å². The number of benzene rings is 1. The van der Waals surface area contributed by atoms with Crippen molar-refractivity contribution >= 4 is 11.9 Å². The molecule has 2 heterocycles. The van der Waals surface area contributed by atoms with E-state index in [1.54, 1.807) is 4.90 Å². The fraction of sp³-hybridized carbons (Fsp3) is 0.467. The highest BCUT2D eigenvalue weighted by atomic mass is 16.5. The first-order chi connectivity index (χ1) is 10.1. The van der Waals surface area contributed by atoms with E-state index in [4.69, 9.17) is 4.74 Å². The van der Waals surface area contributed by atoms with E-state index in [9.17, 15) is 9.59 Å². The number of aryl methyl sites for hydroxylation is 1. The molecular formula is C15H19N3O3. The van der Waals surface area contributed by atoms with Gasteiger partial charge in [-0.1, -0.05) is 12.1 Å². The number of rotatable bonds is 3. The van der Waals surface area contributed by atoms with E-state index in [1.807, 2.05) is 31.2 Å².